The number of para-hydroxylation sites is 1. The van der Waals surface area contributed by atoms with Crippen LogP contribution in [0.15, 0.2) is 53.4 Å². The minimum atomic E-state index is -0.988. The largest absolute Gasteiger partial charge is 0.494 e. The molecule has 7 nitrogen and oxygen atoms in total. The average molecular weight is 414 g/mol. The molecule has 2 atom stereocenters. The number of fused-ring (bicyclic) bond motifs is 1. The van der Waals surface area contributed by atoms with Gasteiger partial charge >= 0.3 is 5.97 Å². The number of amides is 2. The maximum atomic E-state index is 12.3. The first-order chi connectivity index (χ1) is 14.0. The van der Waals surface area contributed by atoms with Gasteiger partial charge in [0.05, 0.1) is 24.0 Å². The summed E-state index contributed by atoms with van der Waals surface area (Å²) in [4.78, 5) is 37.6. The van der Waals surface area contributed by atoms with Crippen LogP contribution in [0.5, 0.6) is 5.75 Å². The van der Waals surface area contributed by atoms with E-state index in [1.807, 2.05) is 31.2 Å². The number of rotatable bonds is 7. The lowest BCUT2D eigenvalue weighted by molar-refractivity contribution is -0.153. The molecule has 29 heavy (non-hydrogen) atoms. The van der Waals surface area contributed by atoms with Crippen LogP contribution in [0, 0.1) is 0 Å². The Labute approximate surface area is 173 Å². The molecule has 0 saturated heterocycles. The van der Waals surface area contributed by atoms with E-state index in [1.54, 1.807) is 24.3 Å². The quantitative estimate of drug-likeness (QED) is 0.674. The van der Waals surface area contributed by atoms with Crippen LogP contribution in [0.3, 0.4) is 0 Å². The lowest BCUT2D eigenvalue weighted by Crippen LogP contribution is -2.34. The van der Waals surface area contributed by atoms with Crippen LogP contribution in [0.4, 0.5) is 11.4 Å². The van der Waals surface area contributed by atoms with Crippen LogP contribution in [0.1, 0.15) is 20.3 Å². The van der Waals surface area contributed by atoms with Crippen molar-refractivity contribution >= 4 is 40.9 Å². The molecular formula is C21H22N2O5S. The molecule has 0 radical (unpaired) electrons. The third-order valence-corrected chi connectivity index (χ3v) is 5.44. The van der Waals surface area contributed by atoms with E-state index in [9.17, 15) is 14.4 Å². The second kappa shape index (κ2) is 9.47. The molecule has 0 fully saturated rings. The van der Waals surface area contributed by atoms with Crippen molar-refractivity contribution in [3.63, 3.8) is 0 Å². The Morgan fingerprint density at radius 2 is 1.90 bits per heavy atom. The molecule has 0 bridgehead atoms. The van der Waals surface area contributed by atoms with Gasteiger partial charge in [-0.15, -0.1) is 11.8 Å². The maximum absolute atomic E-state index is 12.3. The van der Waals surface area contributed by atoms with Gasteiger partial charge in [0.1, 0.15) is 5.75 Å². The molecule has 152 valence electrons. The first-order valence-electron chi connectivity index (χ1n) is 9.26. The van der Waals surface area contributed by atoms with Crippen molar-refractivity contribution in [3.8, 4) is 5.75 Å². The molecule has 8 heteroatoms. The van der Waals surface area contributed by atoms with Crippen molar-refractivity contribution < 1.29 is 23.9 Å². The van der Waals surface area contributed by atoms with Crippen molar-refractivity contribution in [1.29, 1.82) is 0 Å². The molecule has 2 N–H and O–H groups in total. The highest BCUT2D eigenvalue weighted by Gasteiger charge is 2.30. The highest BCUT2D eigenvalue weighted by molar-refractivity contribution is 8.01. The predicted octanol–water partition coefficient (Wildman–Crippen LogP) is 3.46. The number of hydrogen-bond donors (Lipinski definition) is 2. The monoisotopic (exact) mass is 414 g/mol. The normalized spacial score (nSPS) is 16.2. The van der Waals surface area contributed by atoms with Crippen LogP contribution in [0.2, 0.25) is 0 Å². The van der Waals surface area contributed by atoms with E-state index in [4.69, 9.17) is 9.47 Å². The van der Waals surface area contributed by atoms with Crippen molar-refractivity contribution in [2.24, 2.45) is 0 Å². The molecular weight excluding hydrogens is 392 g/mol. The van der Waals surface area contributed by atoms with E-state index in [-0.39, 0.29) is 12.3 Å². The molecule has 0 unspecified atom stereocenters. The molecule has 3 rings (SSSR count). The average Bonchev–Trinajstić information content (AvgIpc) is 2.70. The fourth-order valence-corrected chi connectivity index (χ4v) is 3.82. The summed E-state index contributed by atoms with van der Waals surface area (Å²) in [5.74, 6) is -0.605. The lowest BCUT2D eigenvalue weighted by atomic mass is 10.2. The second-order valence-corrected chi connectivity index (χ2v) is 7.62. The standard InChI is InChI=1S/C21H22N2O5S/c1-3-27-15-10-8-14(9-11-15)22-20(25)13(2)28-19(24)12-18-21(26)23-16-6-4-5-7-17(16)29-18/h4-11,13,18H,3,12H2,1-2H3,(H,22,25)(H,23,26)/t13-,18+/m0/s1. The maximum Gasteiger partial charge on any atom is 0.308 e. The molecule has 1 heterocycles. The number of carbonyl (C=O) groups is 3. The van der Waals surface area contributed by atoms with Gasteiger partial charge in [0.25, 0.3) is 5.91 Å². The van der Waals surface area contributed by atoms with E-state index < -0.39 is 23.2 Å². The van der Waals surface area contributed by atoms with Gasteiger partial charge in [-0.2, -0.15) is 0 Å². The molecule has 0 saturated carbocycles. The molecule has 1 aliphatic heterocycles. The Morgan fingerprint density at radius 3 is 2.62 bits per heavy atom. The molecule has 0 spiro atoms. The van der Waals surface area contributed by atoms with E-state index >= 15 is 0 Å². The fraction of sp³-hybridized carbons (Fsp3) is 0.286. The zero-order valence-electron chi connectivity index (χ0n) is 16.1. The van der Waals surface area contributed by atoms with Gasteiger partial charge in [-0.25, -0.2) is 0 Å². The van der Waals surface area contributed by atoms with Crippen molar-refractivity contribution in [2.45, 2.75) is 36.5 Å². The number of benzene rings is 2. The second-order valence-electron chi connectivity index (χ2n) is 6.37. The molecule has 1 aliphatic rings. The van der Waals surface area contributed by atoms with Crippen molar-refractivity contribution in [2.75, 3.05) is 17.2 Å². The van der Waals surface area contributed by atoms with E-state index in [2.05, 4.69) is 10.6 Å². The van der Waals surface area contributed by atoms with Gasteiger partial charge in [0.2, 0.25) is 5.91 Å². The number of nitrogens with one attached hydrogen (secondary N) is 2. The van der Waals surface area contributed by atoms with Crippen molar-refractivity contribution in [3.05, 3.63) is 48.5 Å². The Hall–Kier alpha value is -3.00. The van der Waals surface area contributed by atoms with Crippen LogP contribution < -0.4 is 15.4 Å². The van der Waals surface area contributed by atoms with E-state index in [0.29, 0.717) is 18.0 Å². The summed E-state index contributed by atoms with van der Waals surface area (Å²) in [6.07, 6.45) is -1.11. The third kappa shape index (κ3) is 5.51. The summed E-state index contributed by atoms with van der Waals surface area (Å²) in [7, 11) is 0. The topological polar surface area (TPSA) is 93.7 Å². The Bertz CT molecular complexity index is 900. The summed E-state index contributed by atoms with van der Waals surface area (Å²) in [5, 5.41) is 4.87. The molecule has 0 aromatic heterocycles. The van der Waals surface area contributed by atoms with Crippen LogP contribution in [-0.4, -0.2) is 35.7 Å². The highest BCUT2D eigenvalue weighted by Crippen LogP contribution is 2.36. The van der Waals surface area contributed by atoms with Crippen LogP contribution in [-0.2, 0) is 19.1 Å². The third-order valence-electron chi connectivity index (χ3n) is 4.17. The van der Waals surface area contributed by atoms with Gasteiger partial charge < -0.3 is 20.1 Å². The zero-order valence-corrected chi connectivity index (χ0v) is 17.0. The number of carbonyl (C=O) groups excluding carboxylic acids is 3. The minimum absolute atomic E-state index is 0.120. The fourth-order valence-electron chi connectivity index (χ4n) is 2.72. The van der Waals surface area contributed by atoms with Gasteiger partial charge in [-0.05, 0) is 50.2 Å². The molecule has 0 aliphatic carbocycles. The Balaban J connectivity index is 1.51. The summed E-state index contributed by atoms with van der Waals surface area (Å²) >= 11 is 1.31. The summed E-state index contributed by atoms with van der Waals surface area (Å²) < 4.78 is 10.6. The molecule has 2 aromatic carbocycles. The summed E-state index contributed by atoms with van der Waals surface area (Å²) in [6, 6.07) is 14.3. The number of anilines is 2. The van der Waals surface area contributed by atoms with Gasteiger partial charge in [-0.3, -0.25) is 14.4 Å². The zero-order chi connectivity index (χ0) is 20.8. The minimum Gasteiger partial charge on any atom is -0.494 e. The Morgan fingerprint density at radius 1 is 1.17 bits per heavy atom. The van der Waals surface area contributed by atoms with Gasteiger partial charge in [0.15, 0.2) is 6.10 Å². The van der Waals surface area contributed by atoms with Crippen LogP contribution >= 0.6 is 11.8 Å². The van der Waals surface area contributed by atoms with E-state index in [0.717, 1.165) is 10.6 Å². The first-order valence-corrected chi connectivity index (χ1v) is 10.1. The molecule has 2 amide bonds. The summed E-state index contributed by atoms with van der Waals surface area (Å²) in [5.41, 5.74) is 1.30. The van der Waals surface area contributed by atoms with Gasteiger partial charge in [0, 0.05) is 10.6 Å². The Kier molecular flexibility index (Phi) is 6.77. The highest BCUT2D eigenvalue weighted by atomic mass is 32.2. The number of esters is 1. The number of hydrogen-bond acceptors (Lipinski definition) is 6. The van der Waals surface area contributed by atoms with Gasteiger partial charge in [-0.1, -0.05) is 12.1 Å². The predicted molar refractivity (Wildman–Crippen MR) is 111 cm³/mol. The van der Waals surface area contributed by atoms with Crippen molar-refractivity contribution in [1.82, 2.24) is 0 Å². The van der Waals surface area contributed by atoms with E-state index in [1.165, 1.54) is 18.7 Å². The lowest BCUT2D eigenvalue weighted by Gasteiger charge is -2.23. The SMILES string of the molecule is CCOc1ccc(NC(=O)[C@H](C)OC(=O)C[C@H]2Sc3ccccc3NC2=O)cc1. The number of thioether (sulfide) groups is 1. The summed E-state index contributed by atoms with van der Waals surface area (Å²) in [6.45, 7) is 3.94. The van der Waals surface area contributed by atoms with Crippen LogP contribution in [0.25, 0.3) is 0 Å². The molecule has 2 aromatic rings. The number of ether oxygens (including phenoxy) is 2. The first kappa shape index (κ1) is 20.7. The smallest absolute Gasteiger partial charge is 0.308 e.